The van der Waals surface area contributed by atoms with E-state index < -0.39 is 0 Å². The van der Waals surface area contributed by atoms with E-state index in [1.807, 2.05) is 54.6 Å². The first kappa shape index (κ1) is 25.3. The number of nitrogens with zero attached hydrogens (tertiary/aromatic N) is 4. The molecule has 188 valence electrons. The zero-order valence-electron chi connectivity index (χ0n) is 20.0. The Morgan fingerprint density at radius 3 is 2.53 bits per heavy atom. The molecule has 0 aliphatic heterocycles. The Balaban J connectivity index is 1.23. The van der Waals surface area contributed by atoms with E-state index in [1.54, 1.807) is 35.0 Å². The summed E-state index contributed by atoms with van der Waals surface area (Å²) in [5.41, 5.74) is 5.33. The maximum atomic E-state index is 12.2. The molecule has 2 amide bonds. The molecule has 3 N–H and O–H groups in total. The number of carbonyl (C=O) groups is 1. The standard InChI is InChI=1S/C28H21BrClN7O/c29-23-17-34-37-26(13-25(36-27(23)37)22-6-1-2-7-24(22)30)32-15-18-8-10-19(11-9-18)16-33-28(38)35-21-5-3-4-20(12-21)14-31/h1-13,17,32H,15-16H2,(H2,33,35,38). The van der Waals surface area contributed by atoms with Gasteiger partial charge in [-0.15, -0.1) is 0 Å². The van der Waals surface area contributed by atoms with Crippen LogP contribution in [0, 0.1) is 11.3 Å². The second-order valence-electron chi connectivity index (χ2n) is 8.40. The van der Waals surface area contributed by atoms with Gasteiger partial charge in [-0.25, -0.2) is 9.78 Å². The van der Waals surface area contributed by atoms with Crippen LogP contribution in [0.5, 0.6) is 0 Å². The van der Waals surface area contributed by atoms with Gasteiger partial charge in [-0.3, -0.25) is 0 Å². The molecule has 0 radical (unpaired) electrons. The van der Waals surface area contributed by atoms with Crippen molar-refractivity contribution in [2.45, 2.75) is 13.1 Å². The molecular formula is C28H21BrClN7O. The summed E-state index contributed by atoms with van der Waals surface area (Å²) in [7, 11) is 0. The van der Waals surface area contributed by atoms with E-state index in [-0.39, 0.29) is 6.03 Å². The summed E-state index contributed by atoms with van der Waals surface area (Å²) in [5, 5.41) is 23.1. The van der Waals surface area contributed by atoms with Crippen molar-refractivity contribution in [1.29, 1.82) is 5.26 Å². The van der Waals surface area contributed by atoms with Gasteiger partial charge >= 0.3 is 6.03 Å². The van der Waals surface area contributed by atoms with E-state index in [0.717, 1.165) is 32.7 Å². The summed E-state index contributed by atoms with van der Waals surface area (Å²) in [5.74, 6) is 0.776. The molecule has 38 heavy (non-hydrogen) atoms. The highest BCUT2D eigenvalue weighted by atomic mass is 79.9. The minimum absolute atomic E-state index is 0.341. The Morgan fingerprint density at radius 2 is 1.76 bits per heavy atom. The summed E-state index contributed by atoms with van der Waals surface area (Å²) in [4.78, 5) is 17.0. The smallest absolute Gasteiger partial charge is 0.319 e. The van der Waals surface area contributed by atoms with Crippen molar-refractivity contribution in [3.05, 3.63) is 111 Å². The van der Waals surface area contributed by atoms with Gasteiger partial charge in [0.05, 0.1) is 28.0 Å². The lowest BCUT2D eigenvalue weighted by Crippen LogP contribution is -2.28. The quantitative estimate of drug-likeness (QED) is 0.199. The monoisotopic (exact) mass is 585 g/mol. The number of halogens is 2. The fraction of sp³-hybridized carbons (Fsp3) is 0.0714. The molecule has 5 rings (SSSR count). The van der Waals surface area contributed by atoms with Crippen LogP contribution < -0.4 is 16.0 Å². The van der Waals surface area contributed by atoms with Crippen molar-refractivity contribution in [2.75, 3.05) is 10.6 Å². The van der Waals surface area contributed by atoms with Gasteiger partial charge in [0.25, 0.3) is 0 Å². The van der Waals surface area contributed by atoms with Gasteiger partial charge in [-0.05, 0) is 51.3 Å². The number of anilines is 2. The van der Waals surface area contributed by atoms with E-state index in [0.29, 0.717) is 35.0 Å². The molecule has 8 nitrogen and oxygen atoms in total. The van der Waals surface area contributed by atoms with Crippen molar-refractivity contribution < 1.29 is 4.79 Å². The Hall–Kier alpha value is -4.39. The van der Waals surface area contributed by atoms with Gasteiger partial charge in [0.2, 0.25) is 0 Å². The van der Waals surface area contributed by atoms with E-state index in [2.05, 4.69) is 43.0 Å². The molecule has 0 unspecified atom stereocenters. The second kappa shape index (κ2) is 11.3. The minimum Gasteiger partial charge on any atom is -0.366 e. The number of rotatable bonds is 7. The first-order valence-corrected chi connectivity index (χ1v) is 12.8. The number of amides is 2. The molecule has 3 aromatic carbocycles. The summed E-state index contributed by atoms with van der Waals surface area (Å²) in [6.45, 7) is 0.924. The molecular weight excluding hydrogens is 566 g/mol. The summed E-state index contributed by atoms with van der Waals surface area (Å²) >= 11 is 9.95. The first-order valence-electron chi connectivity index (χ1n) is 11.7. The van der Waals surface area contributed by atoms with Gasteiger partial charge in [-0.2, -0.15) is 14.9 Å². The van der Waals surface area contributed by atoms with Gasteiger partial charge in [0, 0.05) is 35.4 Å². The number of hydrogen-bond donors (Lipinski definition) is 3. The number of hydrogen-bond acceptors (Lipinski definition) is 5. The molecule has 0 aliphatic rings. The molecule has 0 spiro atoms. The van der Waals surface area contributed by atoms with Crippen molar-refractivity contribution >= 4 is 50.7 Å². The average Bonchev–Trinajstić information content (AvgIpc) is 3.32. The van der Waals surface area contributed by atoms with Crippen LogP contribution in [0.4, 0.5) is 16.3 Å². The van der Waals surface area contributed by atoms with Gasteiger partial charge in [-0.1, -0.05) is 60.1 Å². The maximum absolute atomic E-state index is 12.2. The molecule has 0 fully saturated rings. The number of nitrogens with one attached hydrogen (secondary N) is 3. The Bertz CT molecular complexity index is 1660. The van der Waals surface area contributed by atoms with Crippen LogP contribution in [-0.4, -0.2) is 20.6 Å². The van der Waals surface area contributed by atoms with E-state index in [1.165, 1.54) is 0 Å². The average molecular weight is 587 g/mol. The van der Waals surface area contributed by atoms with Crippen LogP contribution in [0.15, 0.2) is 89.5 Å². The third-order valence-corrected chi connectivity index (χ3v) is 6.67. The SMILES string of the molecule is N#Cc1cccc(NC(=O)NCc2ccc(CNc3cc(-c4ccccc4Cl)nc4c(Br)cnn34)cc2)c1. The van der Waals surface area contributed by atoms with Crippen molar-refractivity contribution in [2.24, 2.45) is 0 Å². The minimum atomic E-state index is -0.341. The first-order chi connectivity index (χ1) is 18.5. The van der Waals surface area contributed by atoms with Crippen LogP contribution in [0.25, 0.3) is 16.9 Å². The number of urea groups is 1. The van der Waals surface area contributed by atoms with Gasteiger partial charge in [0.1, 0.15) is 5.82 Å². The number of carbonyl (C=O) groups excluding carboxylic acids is 1. The summed E-state index contributed by atoms with van der Waals surface area (Å²) in [6.07, 6.45) is 1.71. The summed E-state index contributed by atoms with van der Waals surface area (Å²) < 4.78 is 2.53. The van der Waals surface area contributed by atoms with E-state index >= 15 is 0 Å². The normalized spacial score (nSPS) is 10.7. The lowest BCUT2D eigenvalue weighted by molar-refractivity contribution is 0.251. The highest BCUT2D eigenvalue weighted by Crippen LogP contribution is 2.30. The zero-order valence-corrected chi connectivity index (χ0v) is 22.3. The van der Waals surface area contributed by atoms with Crippen molar-refractivity contribution in [3.63, 3.8) is 0 Å². The maximum Gasteiger partial charge on any atom is 0.319 e. The number of fused-ring (bicyclic) bond motifs is 1. The molecule has 10 heteroatoms. The van der Waals surface area contributed by atoms with E-state index in [9.17, 15) is 4.79 Å². The fourth-order valence-electron chi connectivity index (χ4n) is 3.86. The predicted molar refractivity (Wildman–Crippen MR) is 152 cm³/mol. The molecule has 0 aliphatic carbocycles. The Kier molecular flexibility index (Phi) is 7.54. The fourth-order valence-corrected chi connectivity index (χ4v) is 4.44. The molecule has 0 bridgehead atoms. The second-order valence-corrected chi connectivity index (χ2v) is 9.67. The highest BCUT2D eigenvalue weighted by molar-refractivity contribution is 9.10. The number of aromatic nitrogens is 3. The third-order valence-electron chi connectivity index (χ3n) is 5.78. The van der Waals surface area contributed by atoms with Crippen LogP contribution in [0.1, 0.15) is 16.7 Å². The molecule has 5 aromatic rings. The highest BCUT2D eigenvalue weighted by Gasteiger charge is 2.13. The van der Waals surface area contributed by atoms with E-state index in [4.69, 9.17) is 21.8 Å². The van der Waals surface area contributed by atoms with Crippen LogP contribution in [0.3, 0.4) is 0 Å². The molecule has 2 heterocycles. The van der Waals surface area contributed by atoms with Crippen LogP contribution in [0.2, 0.25) is 5.02 Å². The van der Waals surface area contributed by atoms with Crippen LogP contribution >= 0.6 is 27.5 Å². The molecule has 2 aromatic heterocycles. The van der Waals surface area contributed by atoms with Gasteiger partial charge in [0.15, 0.2) is 5.65 Å². The number of benzene rings is 3. The lowest BCUT2D eigenvalue weighted by atomic mass is 10.1. The topological polar surface area (TPSA) is 107 Å². The largest absolute Gasteiger partial charge is 0.366 e. The third kappa shape index (κ3) is 5.78. The number of nitriles is 1. The Labute approximate surface area is 232 Å². The van der Waals surface area contributed by atoms with Crippen molar-refractivity contribution in [3.8, 4) is 17.3 Å². The lowest BCUT2D eigenvalue weighted by Gasteiger charge is -2.12. The van der Waals surface area contributed by atoms with Crippen LogP contribution in [-0.2, 0) is 13.1 Å². The van der Waals surface area contributed by atoms with Gasteiger partial charge < -0.3 is 16.0 Å². The molecule has 0 saturated carbocycles. The predicted octanol–water partition coefficient (Wildman–Crippen LogP) is 6.62. The Morgan fingerprint density at radius 1 is 1.00 bits per heavy atom. The van der Waals surface area contributed by atoms with Crippen molar-refractivity contribution in [1.82, 2.24) is 19.9 Å². The molecule has 0 saturated heterocycles. The molecule has 0 atom stereocenters. The zero-order chi connectivity index (χ0) is 26.5. The summed E-state index contributed by atoms with van der Waals surface area (Å²) in [6, 6.07) is 25.9.